The van der Waals surface area contributed by atoms with Gasteiger partial charge in [-0.25, -0.2) is 9.98 Å². The van der Waals surface area contributed by atoms with E-state index in [1.807, 2.05) is 19.1 Å². The average molecular weight is 839 g/mol. The highest BCUT2D eigenvalue weighted by Crippen LogP contribution is 2.24. The molecule has 0 spiro atoms. The Hall–Kier alpha value is -4.38. The number of rotatable bonds is 7. The molecule has 0 radical (unpaired) electrons. The number of piperidine rings is 3. The van der Waals surface area contributed by atoms with E-state index in [0.29, 0.717) is 21.9 Å². The van der Waals surface area contributed by atoms with Crippen LogP contribution in [0.15, 0.2) is 58.1 Å². The lowest BCUT2D eigenvalue weighted by Crippen LogP contribution is -2.31. The van der Waals surface area contributed by atoms with E-state index in [1.54, 1.807) is 32.0 Å². The van der Waals surface area contributed by atoms with Gasteiger partial charge in [-0.1, -0.05) is 12.2 Å². The molecule has 306 valence electrons. The molecule has 3 aromatic rings. The van der Waals surface area contributed by atoms with E-state index in [9.17, 15) is 20.2 Å². The predicted molar refractivity (Wildman–Crippen MR) is 227 cm³/mol. The van der Waals surface area contributed by atoms with Gasteiger partial charge in [-0.05, 0) is 171 Å². The van der Waals surface area contributed by atoms with Crippen molar-refractivity contribution in [1.29, 1.82) is 0 Å². The fourth-order valence-electron chi connectivity index (χ4n) is 6.66. The third kappa shape index (κ3) is 16.4. The number of nitro groups is 2. The Morgan fingerprint density at radius 2 is 1.12 bits per heavy atom. The van der Waals surface area contributed by atoms with Gasteiger partial charge in [-0.15, -0.1) is 0 Å². The quantitative estimate of drug-likeness (QED) is 0.0639. The second-order valence-corrected chi connectivity index (χ2v) is 15.9. The summed E-state index contributed by atoms with van der Waals surface area (Å²) >= 11 is 3.11. The van der Waals surface area contributed by atoms with E-state index in [2.05, 4.69) is 78.3 Å². The normalized spacial score (nSPS) is 16.9. The monoisotopic (exact) mass is 837 g/mol. The summed E-state index contributed by atoms with van der Waals surface area (Å²) in [5.41, 5.74) is 17.1. The highest BCUT2D eigenvalue weighted by atomic mass is 79.9. The van der Waals surface area contributed by atoms with E-state index in [0.717, 1.165) is 54.6 Å². The van der Waals surface area contributed by atoms with E-state index < -0.39 is 4.92 Å². The van der Waals surface area contributed by atoms with Crippen molar-refractivity contribution in [2.45, 2.75) is 72.1 Å². The zero-order valence-electron chi connectivity index (χ0n) is 33.9. The molecule has 0 aromatic carbocycles. The minimum absolute atomic E-state index is 0.0493. The number of hydrogen-bond acceptors (Lipinski definition) is 11. The molecule has 0 saturated carbocycles. The highest BCUT2D eigenvalue weighted by molar-refractivity contribution is 9.10. The van der Waals surface area contributed by atoms with Crippen LogP contribution in [0.1, 0.15) is 67.0 Å². The summed E-state index contributed by atoms with van der Waals surface area (Å²) in [4.78, 5) is 44.1. The molecule has 15 nitrogen and oxygen atoms in total. The zero-order chi connectivity index (χ0) is 41.4. The van der Waals surface area contributed by atoms with Gasteiger partial charge in [0.25, 0.3) is 11.4 Å². The van der Waals surface area contributed by atoms with Crippen molar-refractivity contribution >= 4 is 39.0 Å². The van der Waals surface area contributed by atoms with Crippen LogP contribution in [0, 0.1) is 52.8 Å². The maximum atomic E-state index is 10.7. The number of aliphatic imine (C=N–C) groups is 1. The Kier molecular flexibility index (Phi) is 18.9. The summed E-state index contributed by atoms with van der Waals surface area (Å²) in [6.45, 7) is 16.2. The summed E-state index contributed by atoms with van der Waals surface area (Å²) in [6.07, 6.45) is 9.29. The highest BCUT2D eigenvalue weighted by Gasteiger charge is 2.20. The van der Waals surface area contributed by atoms with E-state index >= 15 is 0 Å². The fraction of sp³-hybridized carbons (Fsp3) is 0.550. The van der Waals surface area contributed by atoms with Gasteiger partial charge >= 0.3 is 0 Å². The third-order valence-electron chi connectivity index (χ3n) is 10.3. The Bertz CT molecular complexity index is 1780. The van der Waals surface area contributed by atoms with Crippen LogP contribution in [0.5, 0.6) is 0 Å². The van der Waals surface area contributed by atoms with E-state index in [4.69, 9.17) is 11.5 Å². The van der Waals surface area contributed by atoms with Gasteiger partial charge in [-0.3, -0.25) is 30.2 Å². The number of aromatic nitrogens is 3. The van der Waals surface area contributed by atoms with Crippen molar-refractivity contribution in [2.75, 3.05) is 60.4 Å². The predicted octanol–water partition coefficient (Wildman–Crippen LogP) is 6.69. The van der Waals surface area contributed by atoms with Crippen LogP contribution >= 0.6 is 15.9 Å². The van der Waals surface area contributed by atoms with Crippen LogP contribution in [-0.4, -0.2) is 106 Å². The average Bonchev–Trinajstić information content (AvgIpc) is 3.13. The summed E-state index contributed by atoms with van der Waals surface area (Å²) in [5, 5.41) is 21.0. The molecule has 3 aromatic heterocycles. The van der Waals surface area contributed by atoms with Crippen molar-refractivity contribution in [3.05, 3.63) is 102 Å². The number of halogens is 1. The molecule has 6 rings (SSSR count). The smallest absolute Gasteiger partial charge is 0.290 e. The molecule has 0 amide bonds. The SMILES string of the molecule is C=C1CCN(C)CC1.Cc1nc(Br)ccc1[N+](=O)[O-].Cc1nc(CC2CCN(C)CC2)ccc1N=C(N)N.Cc1nc(CC2CCN(C)CC2)ccc1[N+](=O)[O-]. The van der Waals surface area contributed by atoms with Gasteiger partial charge in [0.1, 0.15) is 16.0 Å². The number of aryl methyl sites for hydroxylation is 3. The second kappa shape index (κ2) is 23.0. The number of pyridine rings is 3. The first kappa shape index (κ1) is 46.0. The van der Waals surface area contributed by atoms with Crippen LogP contribution in [-0.2, 0) is 12.8 Å². The van der Waals surface area contributed by atoms with Gasteiger partial charge in [0.15, 0.2) is 5.96 Å². The third-order valence-corrected chi connectivity index (χ3v) is 10.7. The Morgan fingerprint density at radius 1 is 0.714 bits per heavy atom. The molecule has 0 bridgehead atoms. The lowest BCUT2D eigenvalue weighted by Gasteiger charge is -2.28. The lowest BCUT2D eigenvalue weighted by molar-refractivity contribution is -0.385. The van der Waals surface area contributed by atoms with Crippen molar-refractivity contribution in [2.24, 2.45) is 28.3 Å². The van der Waals surface area contributed by atoms with Crippen molar-refractivity contribution in [1.82, 2.24) is 29.7 Å². The van der Waals surface area contributed by atoms with Gasteiger partial charge in [0, 0.05) is 36.6 Å². The van der Waals surface area contributed by atoms with Gasteiger partial charge < -0.3 is 26.2 Å². The molecule has 56 heavy (non-hydrogen) atoms. The molecule has 3 fully saturated rings. The first-order chi connectivity index (χ1) is 26.5. The van der Waals surface area contributed by atoms with Crippen LogP contribution < -0.4 is 11.5 Å². The van der Waals surface area contributed by atoms with Crippen LogP contribution in [0.25, 0.3) is 0 Å². The van der Waals surface area contributed by atoms with Crippen LogP contribution in [0.2, 0.25) is 0 Å². The number of hydrogen-bond donors (Lipinski definition) is 2. The van der Waals surface area contributed by atoms with E-state index in [-0.39, 0.29) is 22.3 Å². The first-order valence-electron chi connectivity index (χ1n) is 19.2. The Morgan fingerprint density at radius 3 is 1.52 bits per heavy atom. The summed E-state index contributed by atoms with van der Waals surface area (Å²) in [7, 11) is 6.49. The molecular formula is C40H60BrN11O4. The second-order valence-electron chi connectivity index (χ2n) is 15.1. The number of nitrogens with zero attached hydrogens (tertiary/aromatic N) is 9. The molecule has 16 heteroatoms. The minimum atomic E-state index is -0.450. The minimum Gasteiger partial charge on any atom is -0.370 e. The largest absolute Gasteiger partial charge is 0.370 e. The standard InChI is InChI=1S/C14H23N5.C13H19N3O2.C7H13N.C6H5BrN2O2/c1-10-13(18-14(15)16)4-3-12(17-10)9-11-5-7-19(2)8-6-11;1-10-13(16(17)18)4-3-12(14-10)9-11-5-7-15(2)8-6-11;1-7-3-5-8(2)6-4-7;1-4-5(9(10)11)2-3-6(7)8-4/h3-4,11H,5-9H2,1-2H3,(H4,15,16,18);3-4,11H,5-9H2,1-2H3;1,3-6H2,2H3;2-3H,1H3. The molecule has 3 saturated heterocycles. The van der Waals surface area contributed by atoms with Gasteiger partial charge in [-0.2, -0.15) is 0 Å². The molecule has 0 aliphatic carbocycles. The molecule has 0 unspecified atom stereocenters. The summed E-state index contributed by atoms with van der Waals surface area (Å²) < 4.78 is 0.612. The number of guanidine groups is 1. The molecule has 6 heterocycles. The van der Waals surface area contributed by atoms with Crippen LogP contribution in [0.4, 0.5) is 17.1 Å². The van der Waals surface area contributed by atoms with Crippen LogP contribution in [0.3, 0.4) is 0 Å². The lowest BCUT2D eigenvalue weighted by atomic mass is 9.92. The fourth-order valence-corrected chi connectivity index (χ4v) is 7.06. The van der Waals surface area contributed by atoms with E-state index in [1.165, 1.54) is 76.3 Å². The van der Waals surface area contributed by atoms with Crippen molar-refractivity contribution in [3.8, 4) is 0 Å². The summed E-state index contributed by atoms with van der Waals surface area (Å²) in [5.74, 6) is 1.49. The number of nitrogens with two attached hydrogens (primary N) is 2. The molecular weight excluding hydrogens is 778 g/mol. The number of likely N-dealkylation sites (tertiary alicyclic amines) is 3. The Balaban J connectivity index is 0.000000210. The van der Waals surface area contributed by atoms with Gasteiger partial charge in [0.05, 0.1) is 21.2 Å². The molecule has 0 atom stereocenters. The molecule has 3 aliphatic heterocycles. The maximum Gasteiger partial charge on any atom is 0.290 e. The van der Waals surface area contributed by atoms with Gasteiger partial charge in [0.2, 0.25) is 0 Å². The zero-order valence-corrected chi connectivity index (χ0v) is 35.5. The van der Waals surface area contributed by atoms with Crippen molar-refractivity contribution < 1.29 is 9.85 Å². The maximum absolute atomic E-state index is 10.7. The topological polar surface area (TPSA) is 199 Å². The Labute approximate surface area is 340 Å². The molecule has 3 aliphatic rings. The summed E-state index contributed by atoms with van der Waals surface area (Å²) in [6, 6.07) is 10.3. The van der Waals surface area contributed by atoms with Crippen molar-refractivity contribution in [3.63, 3.8) is 0 Å². The first-order valence-corrected chi connectivity index (χ1v) is 20.0. The molecule has 4 N–H and O–H groups in total.